The number of anilines is 1. The molecule has 0 atom stereocenters. The predicted octanol–water partition coefficient (Wildman–Crippen LogP) is 4.59. The Bertz CT molecular complexity index is 1450. The summed E-state index contributed by atoms with van der Waals surface area (Å²) in [5, 5.41) is 4.03. The number of carbonyl (C=O) groups excluding carboxylic acids is 3. The molecule has 0 fully saturated rings. The molecule has 0 saturated heterocycles. The topological polar surface area (TPSA) is 117 Å². The Morgan fingerprint density at radius 2 is 1.97 bits per heavy atom. The molecule has 1 aliphatic rings. The first-order valence-corrected chi connectivity index (χ1v) is 14.4. The summed E-state index contributed by atoms with van der Waals surface area (Å²) < 4.78 is 11.5. The third-order valence-corrected chi connectivity index (χ3v) is 9.28. The molecule has 12 heteroatoms. The van der Waals surface area contributed by atoms with Crippen LogP contribution in [-0.2, 0) is 33.7 Å². The minimum Gasteiger partial charge on any atom is -0.465 e. The van der Waals surface area contributed by atoms with Gasteiger partial charge in [-0.05, 0) is 50.7 Å². The lowest BCUT2D eigenvalue weighted by Crippen LogP contribution is -2.24. The highest BCUT2D eigenvalue weighted by atomic mass is 32.2. The molecule has 0 saturated carbocycles. The van der Waals surface area contributed by atoms with Gasteiger partial charge < -0.3 is 14.8 Å². The van der Waals surface area contributed by atoms with Crippen LogP contribution in [0.15, 0.2) is 22.6 Å². The number of aryl methyl sites for hydroxylation is 2. The molecule has 0 aromatic carbocycles. The maximum absolute atomic E-state index is 13.4. The SMILES string of the molecule is C=CCn1c(SCC(=O)Nc2sc(C(=O)OC)c(C)c2C(=O)OCC)nc2sc3c(c2c1=O)CCCC3. The number of carbonyl (C=O) groups is 3. The number of esters is 2. The van der Waals surface area contributed by atoms with E-state index in [9.17, 15) is 19.2 Å². The molecule has 3 aromatic rings. The molecular weight excluding hydrogens is 534 g/mol. The maximum atomic E-state index is 13.4. The van der Waals surface area contributed by atoms with Crippen molar-refractivity contribution in [1.82, 2.24) is 9.55 Å². The van der Waals surface area contributed by atoms with E-state index in [4.69, 9.17) is 14.5 Å². The van der Waals surface area contributed by atoms with Crippen LogP contribution in [0.25, 0.3) is 10.2 Å². The molecule has 4 rings (SSSR count). The van der Waals surface area contributed by atoms with E-state index in [0.29, 0.717) is 20.9 Å². The van der Waals surface area contributed by atoms with E-state index in [-0.39, 0.29) is 39.9 Å². The number of methoxy groups -OCH3 is 1. The number of rotatable bonds is 9. The Morgan fingerprint density at radius 1 is 1.22 bits per heavy atom. The third-order valence-electron chi connectivity index (χ3n) is 5.93. The lowest BCUT2D eigenvalue weighted by Gasteiger charge is -2.12. The zero-order valence-electron chi connectivity index (χ0n) is 20.8. The van der Waals surface area contributed by atoms with Crippen LogP contribution in [0.4, 0.5) is 5.00 Å². The van der Waals surface area contributed by atoms with Crippen molar-refractivity contribution < 1.29 is 23.9 Å². The summed E-state index contributed by atoms with van der Waals surface area (Å²) in [5.74, 6) is -1.72. The molecule has 0 unspecified atom stereocenters. The van der Waals surface area contributed by atoms with Crippen molar-refractivity contribution in [1.29, 1.82) is 0 Å². The van der Waals surface area contributed by atoms with Gasteiger partial charge in [-0.2, -0.15) is 0 Å². The Labute approximate surface area is 225 Å². The number of fused-ring (bicyclic) bond motifs is 3. The van der Waals surface area contributed by atoms with Crippen molar-refractivity contribution in [3.63, 3.8) is 0 Å². The minimum absolute atomic E-state index is 0.0625. The van der Waals surface area contributed by atoms with Crippen LogP contribution < -0.4 is 10.9 Å². The van der Waals surface area contributed by atoms with Gasteiger partial charge in [-0.25, -0.2) is 14.6 Å². The monoisotopic (exact) mass is 561 g/mol. The molecule has 0 aliphatic heterocycles. The third kappa shape index (κ3) is 5.36. The van der Waals surface area contributed by atoms with Gasteiger partial charge in [0, 0.05) is 11.4 Å². The standard InChI is InChI=1S/C25H27N3O6S3/c1-5-11-28-22(30)18-14-9-7-8-10-15(14)36-21(18)27-25(28)35-12-16(29)26-20-17(23(31)34-6-2)13(3)19(37-20)24(32)33-4/h5H,1,6-12H2,2-4H3,(H,26,29). The first-order valence-electron chi connectivity index (χ1n) is 11.8. The van der Waals surface area contributed by atoms with Crippen molar-refractivity contribution in [2.24, 2.45) is 0 Å². The van der Waals surface area contributed by atoms with Crippen molar-refractivity contribution in [2.45, 2.75) is 51.2 Å². The number of allylic oxidation sites excluding steroid dienone is 1. The van der Waals surface area contributed by atoms with E-state index in [1.807, 2.05) is 0 Å². The predicted molar refractivity (Wildman–Crippen MR) is 146 cm³/mol. The number of hydrogen-bond donors (Lipinski definition) is 1. The molecule has 1 N–H and O–H groups in total. The molecule has 3 aromatic heterocycles. The van der Waals surface area contributed by atoms with E-state index >= 15 is 0 Å². The Hall–Kier alpha value is -2.96. The van der Waals surface area contributed by atoms with Crippen LogP contribution >= 0.6 is 34.4 Å². The van der Waals surface area contributed by atoms with Crippen molar-refractivity contribution >= 4 is 67.5 Å². The molecule has 1 amide bonds. The summed E-state index contributed by atoms with van der Waals surface area (Å²) in [7, 11) is 1.25. The van der Waals surface area contributed by atoms with Crippen LogP contribution in [-0.4, -0.2) is 46.9 Å². The second kappa shape index (κ2) is 11.6. The van der Waals surface area contributed by atoms with Crippen LogP contribution in [0.3, 0.4) is 0 Å². The highest BCUT2D eigenvalue weighted by Gasteiger charge is 2.27. The smallest absolute Gasteiger partial charge is 0.348 e. The molecular formula is C25H27N3O6S3. The number of amides is 1. The summed E-state index contributed by atoms with van der Waals surface area (Å²) in [6.45, 7) is 7.46. The van der Waals surface area contributed by atoms with E-state index in [2.05, 4.69) is 11.9 Å². The van der Waals surface area contributed by atoms with Crippen LogP contribution in [0.2, 0.25) is 0 Å². The fraction of sp³-hybridized carbons (Fsp3) is 0.400. The van der Waals surface area contributed by atoms with Crippen LogP contribution in [0, 0.1) is 6.92 Å². The number of hydrogen-bond acceptors (Lipinski definition) is 10. The number of ether oxygens (including phenoxy) is 2. The van der Waals surface area contributed by atoms with Crippen LogP contribution in [0.1, 0.15) is 55.8 Å². The van der Waals surface area contributed by atoms with Gasteiger partial charge in [0.2, 0.25) is 5.91 Å². The molecule has 1 aliphatic carbocycles. The first kappa shape index (κ1) is 27.1. The van der Waals surface area contributed by atoms with Gasteiger partial charge in [0.05, 0.1) is 30.4 Å². The number of thioether (sulfide) groups is 1. The fourth-order valence-electron chi connectivity index (χ4n) is 4.25. The first-order chi connectivity index (χ1) is 17.8. The van der Waals surface area contributed by atoms with Gasteiger partial charge in [0.1, 0.15) is 14.7 Å². The number of aromatic nitrogens is 2. The Kier molecular flexibility index (Phi) is 8.50. The second-order valence-corrected chi connectivity index (χ2v) is 11.3. The van der Waals surface area contributed by atoms with Gasteiger partial charge >= 0.3 is 11.9 Å². The molecule has 196 valence electrons. The zero-order chi connectivity index (χ0) is 26.7. The van der Waals surface area contributed by atoms with Gasteiger partial charge in [-0.1, -0.05) is 17.8 Å². The summed E-state index contributed by atoms with van der Waals surface area (Å²) >= 11 is 3.64. The average Bonchev–Trinajstić information content (AvgIpc) is 3.41. The lowest BCUT2D eigenvalue weighted by molar-refractivity contribution is -0.113. The number of nitrogens with one attached hydrogen (secondary N) is 1. The Balaban J connectivity index is 1.60. The summed E-state index contributed by atoms with van der Waals surface area (Å²) in [5.41, 5.74) is 1.50. The van der Waals surface area contributed by atoms with E-state index in [1.165, 1.54) is 12.0 Å². The summed E-state index contributed by atoms with van der Waals surface area (Å²) in [6.07, 6.45) is 5.64. The quantitative estimate of drug-likeness (QED) is 0.175. The fourth-order valence-corrected chi connectivity index (χ4v) is 7.49. The highest BCUT2D eigenvalue weighted by Crippen LogP contribution is 2.36. The van der Waals surface area contributed by atoms with Crippen molar-refractivity contribution in [2.75, 3.05) is 24.8 Å². The largest absolute Gasteiger partial charge is 0.465 e. The summed E-state index contributed by atoms with van der Waals surface area (Å²) in [6, 6.07) is 0. The normalized spacial score (nSPS) is 12.7. The van der Waals surface area contributed by atoms with Crippen molar-refractivity contribution in [3.8, 4) is 0 Å². The van der Waals surface area contributed by atoms with E-state index < -0.39 is 17.8 Å². The maximum Gasteiger partial charge on any atom is 0.348 e. The minimum atomic E-state index is -0.636. The van der Waals surface area contributed by atoms with Crippen LogP contribution in [0.5, 0.6) is 0 Å². The van der Waals surface area contributed by atoms with Gasteiger partial charge in [0.25, 0.3) is 5.56 Å². The molecule has 37 heavy (non-hydrogen) atoms. The molecule has 0 spiro atoms. The lowest BCUT2D eigenvalue weighted by atomic mass is 9.97. The number of nitrogens with zero attached hydrogens (tertiary/aromatic N) is 2. The van der Waals surface area contributed by atoms with E-state index in [1.54, 1.807) is 35.8 Å². The zero-order valence-corrected chi connectivity index (χ0v) is 23.3. The molecule has 0 radical (unpaired) electrons. The molecule has 9 nitrogen and oxygen atoms in total. The number of thiophene rings is 2. The van der Waals surface area contributed by atoms with Gasteiger partial charge in [-0.15, -0.1) is 29.3 Å². The average molecular weight is 562 g/mol. The van der Waals surface area contributed by atoms with Gasteiger partial charge in [-0.3, -0.25) is 14.2 Å². The van der Waals surface area contributed by atoms with E-state index in [0.717, 1.165) is 54.3 Å². The van der Waals surface area contributed by atoms with Gasteiger partial charge in [0.15, 0.2) is 5.16 Å². The molecule has 0 bridgehead atoms. The van der Waals surface area contributed by atoms with Crippen molar-refractivity contribution in [3.05, 3.63) is 49.5 Å². The highest BCUT2D eigenvalue weighted by molar-refractivity contribution is 7.99. The summed E-state index contributed by atoms with van der Waals surface area (Å²) in [4.78, 5) is 57.9. The Morgan fingerprint density at radius 3 is 2.68 bits per heavy atom. The second-order valence-electron chi connectivity index (χ2n) is 8.30. The molecule has 3 heterocycles.